The molecule has 8 nitrogen and oxygen atoms in total. The largest absolute Gasteiger partial charge is 0.361 e. The first-order valence-electron chi connectivity index (χ1n) is 7.20. The van der Waals surface area contributed by atoms with Crippen molar-refractivity contribution in [2.24, 2.45) is 0 Å². The number of amides is 1. The van der Waals surface area contributed by atoms with Gasteiger partial charge in [0.15, 0.2) is 0 Å². The number of hydrogen-bond acceptors (Lipinski definition) is 4. The normalized spacial score (nSPS) is 10.9. The van der Waals surface area contributed by atoms with Gasteiger partial charge < -0.3 is 10.3 Å². The van der Waals surface area contributed by atoms with Gasteiger partial charge in [-0.25, -0.2) is 4.39 Å². The summed E-state index contributed by atoms with van der Waals surface area (Å²) in [6.07, 6.45) is 2.24. The van der Waals surface area contributed by atoms with Crippen molar-refractivity contribution in [3.63, 3.8) is 0 Å². The maximum Gasteiger partial charge on any atom is 0.322 e. The van der Waals surface area contributed by atoms with Crippen LogP contribution in [0.25, 0.3) is 10.9 Å². The number of aromatic nitrogens is 3. The van der Waals surface area contributed by atoms with E-state index in [4.69, 9.17) is 0 Å². The second kappa shape index (κ2) is 6.11. The van der Waals surface area contributed by atoms with Gasteiger partial charge in [-0.2, -0.15) is 5.10 Å². The Balaban J connectivity index is 1.68. The molecule has 9 heteroatoms. The summed E-state index contributed by atoms with van der Waals surface area (Å²) in [5.41, 5.74) is 1.25. The van der Waals surface area contributed by atoms with Crippen LogP contribution < -0.4 is 5.32 Å². The number of benzene rings is 1. The van der Waals surface area contributed by atoms with Crippen LogP contribution in [0.15, 0.2) is 24.4 Å². The molecule has 1 amide bonds. The number of fused-ring (bicyclic) bond motifs is 1. The number of hydrogen-bond donors (Lipinski definition) is 3. The minimum absolute atomic E-state index is 0.226. The van der Waals surface area contributed by atoms with Gasteiger partial charge in [-0.1, -0.05) is 0 Å². The van der Waals surface area contributed by atoms with Crippen molar-refractivity contribution in [2.75, 3.05) is 6.54 Å². The number of nitrogens with one attached hydrogen (secondary N) is 3. The standard InChI is InChI=1S/C15H14FN5O3/c1-8-14(21(23)24)13(20-19-8)15(22)17-5-4-9-7-18-12-6-10(16)2-3-11(9)12/h2-3,6-7,18H,4-5H2,1H3,(H,17,22)(H,19,20). The van der Waals surface area contributed by atoms with E-state index in [-0.39, 0.29) is 29.4 Å². The lowest BCUT2D eigenvalue weighted by Crippen LogP contribution is -2.26. The van der Waals surface area contributed by atoms with Crippen molar-refractivity contribution in [1.82, 2.24) is 20.5 Å². The molecule has 0 unspecified atom stereocenters. The zero-order chi connectivity index (χ0) is 17.3. The number of H-pyrrole nitrogens is 2. The summed E-state index contributed by atoms with van der Waals surface area (Å²) >= 11 is 0. The molecule has 3 rings (SSSR count). The van der Waals surface area contributed by atoms with E-state index in [9.17, 15) is 19.3 Å². The van der Waals surface area contributed by atoms with E-state index >= 15 is 0 Å². The Labute approximate surface area is 135 Å². The van der Waals surface area contributed by atoms with Gasteiger partial charge in [0.05, 0.1) is 4.92 Å². The highest BCUT2D eigenvalue weighted by Gasteiger charge is 2.26. The summed E-state index contributed by atoms with van der Waals surface area (Å²) in [6, 6.07) is 4.43. The maximum atomic E-state index is 13.2. The van der Waals surface area contributed by atoms with Gasteiger partial charge in [0.1, 0.15) is 11.5 Å². The quantitative estimate of drug-likeness (QED) is 0.491. The molecule has 0 aliphatic heterocycles. The molecular weight excluding hydrogens is 317 g/mol. The Morgan fingerprint density at radius 1 is 1.46 bits per heavy atom. The summed E-state index contributed by atoms with van der Waals surface area (Å²) in [5.74, 6) is -0.942. The third-order valence-corrected chi connectivity index (χ3v) is 3.72. The Morgan fingerprint density at radius 2 is 2.25 bits per heavy atom. The van der Waals surface area contributed by atoms with Crippen LogP contribution >= 0.6 is 0 Å². The third kappa shape index (κ3) is 2.83. The van der Waals surface area contributed by atoms with Crippen LogP contribution in [0, 0.1) is 22.9 Å². The second-order valence-corrected chi connectivity index (χ2v) is 5.31. The number of halogens is 1. The van der Waals surface area contributed by atoms with Gasteiger partial charge >= 0.3 is 5.69 Å². The monoisotopic (exact) mass is 331 g/mol. The summed E-state index contributed by atoms with van der Waals surface area (Å²) in [6.45, 7) is 1.75. The highest BCUT2D eigenvalue weighted by molar-refractivity contribution is 5.96. The molecule has 2 aromatic heterocycles. The van der Waals surface area contributed by atoms with E-state index < -0.39 is 10.8 Å². The number of aryl methyl sites for hydroxylation is 1. The lowest BCUT2D eigenvalue weighted by Gasteiger charge is -2.03. The molecule has 0 aliphatic rings. The van der Waals surface area contributed by atoms with Gasteiger partial charge in [0.2, 0.25) is 5.69 Å². The number of aromatic amines is 2. The summed E-state index contributed by atoms with van der Waals surface area (Å²) in [7, 11) is 0. The van der Waals surface area contributed by atoms with E-state index in [1.165, 1.54) is 19.1 Å². The number of carbonyl (C=O) groups excluding carboxylic acids is 1. The van der Waals surface area contributed by atoms with Crippen molar-refractivity contribution < 1.29 is 14.1 Å². The molecule has 0 spiro atoms. The summed E-state index contributed by atoms with van der Waals surface area (Å²) in [5, 5.41) is 20.6. The molecule has 0 aliphatic carbocycles. The minimum atomic E-state index is -0.637. The highest BCUT2D eigenvalue weighted by atomic mass is 19.1. The molecule has 0 bridgehead atoms. The van der Waals surface area contributed by atoms with Gasteiger partial charge in [-0.3, -0.25) is 20.0 Å². The molecule has 124 valence electrons. The van der Waals surface area contributed by atoms with Crippen molar-refractivity contribution in [1.29, 1.82) is 0 Å². The van der Waals surface area contributed by atoms with Gasteiger partial charge in [-0.05, 0) is 37.1 Å². The van der Waals surface area contributed by atoms with Crippen LogP contribution in [0.2, 0.25) is 0 Å². The number of rotatable bonds is 5. The first-order chi connectivity index (χ1) is 11.5. The molecule has 24 heavy (non-hydrogen) atoms. The molecule has 1 aromatic carbocycles. The topological polar surface area (TPSA) is 117 Å². The molecule has 2 heterocycles. The number of nitrogens with zero attached hydrogens (tertiary/aromatic N) is 2. The zero-order valence-electron chi connectivity index (χ0n) is 12.7. The Bertz CT molecular complexity index is 930. The summed E-state index contributed by atoms with van der Waals surface area (Å²) in [4.78, 5) is 25.4. The van der Waals surface area contributed by atoms with E-state index in [2.05, 4.69) is 20.5 Å². The number of nitro groups is 1. The Hall–Kier alpha value is -3.23. The van der Waals surface area contributed by atoms with Crippen LogP contribution in [-0.2, 0) is 6.42 Å². The highest BCUT2D eigenvalue weighted by Crippen LogP contribution is 2.21. The molecular formula is C15H14FN5O3. The van der Waals surface area contributed by atoms with Crippen LogP contribution in [0.4, 0.5) is 10.1 Å². The average molecular weight is 331 g/mol. The van der Waals surface area contributed by atoms with E-state index in [0.717, 1.165) is 10.9 Å². The van der Waals surface area contributed by atoms with Crippen LogP contribution in [0.1, 0.15) is 21.7 Å². The van der Waals surface area contributed by atoms with Crippen molar-refractivity contribution in [3.8, 4) is 0 Å². The van der Waals surface area contributed by atoms with Gasteiger partial charge in [0, 0.05) is 23.6 Å². The average Bonchev–Trinajstić information content (AvgIpc) is 3.10. The smallest absolute Gasteiger partial charge is 0.322 e. The molecule has 0 atom stereocenters. The lowest BCUT2D eigenvalue weighted by atomic mass is 10.1. The molecule has 0 saturated heterocycles. The van der Waals surface area contributed by atoms with Crippen molar-refractivity contribution in [3.05, 3.63) is 57.3 Å². The molecule has 3 N–H and O–H groups in total. The fourth-order valence-corrected chi connectivity index (χ4v) is 2.56. The zero-order valence-corrected chi connectivity index (χ0v) is 12.7. The van der Waals surface area contributed by atoms with E-state index in [1.54, 1.807) is 12.3 Å². The maximum absolute atomic E-state index is 13.2. The van der Waals surface area contributed by atoms with Gasteiger partial charge in [0.25, 0.3) is 5.91 Å². The Kier molecular flexibility index (Phi) is 3.98. The van der Waals surface area contributed by atoms with E-state index in [0.29, 0.717) is 11.9 Å². The fraction of sp³-hybridized carbons (Fsp3) is 0.200. The first kappa shape index (κ1) is 15.7. The second-order valence-electron chi connectivity index (χ2n) is 5.31. The van der Waals surface area contributed by atoms with Crippen LogP contribution in [0.5, 0.6) is 0 Å². The minimum Gasteiger partial charge on any atom is -0.361 e. The molecule has 0 fully saturated rings. The lowest BCUT2D eigenvalue weighted by molar-refractivity contribution is -0.385. The molecule has 0 saturated carbocycles. The predicted molar refractivity (Wildman–Crippen MR) is 84.3 cm³/mol. The first-order valence-corrected chi connectivity index (χ1v) is 7.20. The molecule has 3 aromatic rings. The molecule has 0 radical (unpaired) electrons. The SMILES string of the molecule is Cc1[nH]nc(C(=O)NCCc2c[nH]c3cc(F)ccc23)c1[N+](=O)[O-]. The van der Waals surface area contributed by atoms with Gasteiger partial charge in [-0.15, -0.1) is 0 Å². The van der Waals surface area contributed by atoms with E-state index in [1.807, 2.05) is 0 Å². The predicted octanol–water partition coefficient (Wildman–Crippen LogP) is 2.22. The Morgan fingerprint density at radius 3 is 3.00 bits per heavy atom. The van der Waals surface area contributed by atoms with Crippen molar-refractivity contribution >= 4 is 22.5 Å². The summed E-state index contributed by atoms with van der Waals surface area (Å²) < 4.78 is 13.2. The third-order valence-electron chi connectivity index (χ3n) is 3.72. The fourth-order valence-electron chi connectivity index (χ4n) is 2.56. The number of carbonyl (C=O) groups is 1. The van der Waals surface area contributed by atoms with Crippen LogP contribution in [-0.4, -0.2) is 32.6 Å². The van der Waals surface area contributed by atoms with Crippen LogP contribution in [0.3, 0.4) is 0 Å². The van der Waals surface area contributed by atoms with Crippen molar-refractivity contribution in [2.45, 2.75) is 13.3 Å².